The second kappa shape index (κ2) is 8.21. The summed E-state index contributed by atoms with van der Waals surface area (Å²) >= 11 is 1.97. The van der Waals surface area contributed by atoms with Crippen molar-refractivity contribution in [1.82, 2.24) is 13.1 Å². The van der Waals surface area contributed by atoms with Gasteiger partial charge in [0.05, 0.1) is 17.4 Å². The smallest absolute Gasteiger partial charge is 0.256 e. The van der Waals surface area contributed by atoms with Gasteiger partial charge in [-0.2, -0.15) is 13.1 Å². The lowest BCUT2D eigenvalue weighted by Crippen LogP contribution is -2.30. The Morgan fingerprint density at radius 1 is 1.07 bits per heavy atom. The van der Waals surface area contributed by atoms with Crippen LogP contribution in [0.2, 0.25) is 0 Å². The molecule has 0 fully saturated rings. The predicted octanol–water partition coefficient (Wildman–Crippen LogP) is 3.82. The average Bonchev–Trinajstić information content (AvgIpc) is 3.24. The largest absolute Gasteiger partial charge is 0.504 e. The molecule has 0 unspecified atom stereocenters. The molecule has 3 N–H and O–H groups in total. The molecule has 11 heteroatoms. The molecular formula is C16H19N5O3S3. The Labute approximate surface area is 165 Å². The minimum atomic E-state index is -3.74. The number of nitrogens with one attached hydrogen (secondary N) is 2. The highest BCUT2D eigenvalue weighted by atomic mass is 32.2. The minimum absolute atomic E-state index is 0.0885. The third-order valence-electron chi connectivity index (χ3n) is 3.79. The fourth-order valence-corrected chi connectivity index (χ4v) is 5.73. The summed E-state index contributed by atoms with van der Waals surface area (Å²) in [6.45, 7) is 4.18. The Balaban J connectivity index is 1.85. The summed E-state index contributed by atoms with van der Waals surface area (Å²) in [5.41, 5.74) is 1.11. The van der Waals surface area contributed by atoms with Gasteiger partial charge in [-0.3, -0.25) is 0 Å². The molecule has 2 heterocycles. The fourth-order valence-electron chi connectivity index (χ4n) is 2.42. The quantitative estimate of drug-likeness (QED) is 0.503. The van der Waals surface area contributed by atoms with Gasteiger partial charge in [0, 0.05) is 24.2 Å². The van der Waals surface area contributed by atoms with E-state index in [0.29, 0.717) is 24.7 Å². The van der Waals surface area contributed by atoms with Crippen molar-refractivity contribution in [2.45, 2.75) is 18.1 Å². The van der Waals surface area contributed by atoms with E-state index in [4.69, 9.17) is 0 Å². The number of benzene rings is 1. The second-order valence-corrected chi connectivity index (χ2v) is 8.99. The van der Waals surface area contributed by atoms with Gasteiger partial charge in [-0.1, -0.05) is 32.0 Å². The Bertz CT molecular complexity index is 997. The zero-order valence-electron chi connectivity index (χ0n) is 14.7. The molecule has 0 aliphatic rings. The number of aromatic nitrogens is 2. The van der Waals surface area contributed by atoms with Crippen molar-refractivity contribution in [2.24, 2.45) is 0 Å². The van der Waals surface area contributed by atoms with Crippen molar-refractivity contribution in [2.75, 3.05) is 23.7 Å². The SMILES string of the molecule is CCN(CC)S(=O)(=O)c1scc(Nc2nsnc2Nc2ccccc2)c1O. The normalized spacial score (nSPS) is 11.7. The molecule has 8 nitrogen and oxygen atoms in total. The van der Waals surface area contributed by atoms with Crippen molar-refractivity contribution in [1.29, 1.82) is 0 Å². The van der Waals surface area contributed by atoms with E-state index in [9.17, 15) is 13.5 Å². The molecule has 3 aromatic rings. The number of para-hydroxylation sites is 1. The zero-order chi connectivity index (χ0) is 19.4. The Hall–Kier alpha value is -2.21. The van der Waals surface area contributed by atoms with E-state index in [2.05, 4.69) is 19.4 Å². The van der Waals surface area contributed by atoms with E-state index in [0.717, 1.165) is 28.8 Å². The summed E-state index contributed by atoms with van der Waals surface area (Å²) in [4.78, 5) is 0. The molecule has 0 atom stereocenters. The molecule has 1 aromatic carbocycles. The van der Waals surface area contributed by atoms with Gasteiger partial charge in [0.25, 0.3) is 10.0 Å². The lowest BCUT2D eigenvalue weighted by Gasteiger charge is -2.17. The number of sulfonamides is 1. The van der Waals surface area contributed by atoms with Crippen LogP contribution in [0.15, 0.2) is 39.9 Å². The van der Waals surface area contributed by atoms with Gasteiger partial charge in [-0.15, -0.1) is 11.3 Å². The van der Waals surface area contributed by atoms with Gasteiger partial charge in [0.2, 0.25) is 0 Å². The second-order valence-electron chi connectivity index (χ2n) is 5.45. The number of anilines is 4. The summed E-state index contributed by atoms with van der Waals surface area (Å²) in [6, 6.07) is 9.47. The Kier molecular flexibility index (Phi) is 5.95. The predicted molar refractivity (Wildman–Crippen MR) is 109 cm³/mol. The van der Waals surface area contributed by atoms with Crippen molar-refractivity contribution in [3.63, 3.8) is 0 Å². The summed E-state index contributed by atoms with van der Waals surface area (Å²) in [7, 11) is -3.74. The van der Waals surface area contributed by atoms with Crippen LogP contribution in [-0.4, -0.2) is 39.7 Å². The van der Waals surface area contributed by atoms with Gasteiger partial charge >= 0.3 is 0 Å². The summed E-state index contributed by atoms with van der Waals surface area (Å²) in [6.07, 6.45) is 0. The lowest BCUT2D eigenvalue weighted by atomic mass is 10.3. The maximum Gasteiger partial charge on any atom is 0.256 e. The first-order valence-electron chi connectivity index (χ1n) is 8.19. The molecule has 0 bridgehead atoms. The summed E-state index contributed by atoms with van der Waals surface area (Å²) < 4.78 is 34.9. The highest BCUT2D eigenvalue weighted by Gasteiger charge is 2.29. The number of hydrogen-bond donors (Lipinski definition) is 3. The van der Waals surface area contributed by atoms with Crippen LogP contribution in [0.1, 0.15) is 13.8 Å². The molecule has 0 aliphatic heterocycles. The van der Waals surface area contributed by atoms with Crippen LogP contribution in [0.4, 0.5) is 23.0 Å². The first-order valence-corrected chi connectivity index (χ1v) is 11.2. The standard InChI is InChI=1S/C16H19N5O3S3/c1-3-21(4-2)27(23,24)16-13(22)12(10-25-16)18-15-14(19-26-20-15)17-11-8-6-5-7-9-11/h5-10,22H,3-4H2,1-2H3,(H,17,19)(H,18,20). The maximum atomic E-state index is 12.6. The monoisotopic (exact) mass is 425 g/mol. The van der Waals surface area contributed by atoms with E-state index in [1.807, 2.05) is 30.3 Å². The number of thiophene rings is 1. The molecular weight excluding hydrogens is 406 g/mol. The molecule has 0 spiro atoms. The van der Waals surface area contributed by atoms with Crippen LogP contribution in [-0.2, 0) is 10.0 Å². The van der Waals surface area contributed by atoms with Crippen LogP contribution in [0.5, 0.6) is 5.75 Å². The van der Waals surface area contributed by atoms with Crippen molar-refractivity contribution < 1.29 is 13.5 Å². The first kappa shape index (κ1) is 19.5. The topological polar surface area (TPSA) is 107 Å². The van der Waals surface area contributed by atoms with E-state index in [1.54, 1.807) is 19.2 Å². The van der Waals surface area contributed by atoms with Gasteiger partial charge < -0.3 is 15.7 Å². The molecule has 144 valence electrons. The van der Waals surface area contributed by atoms with Gasteiger partial charge in [0.1, 0.15) is 0 Å². The van der Waals surface area contributed by atoms with Crippen LogP contribution in [0, 0.1) is 0 Å². The highest BCUT2D eigenvalue weighted by Crippen LogP contribution is 2.41. The third-order valence-corrected chi connectivity index (χ3v) is 7.86. The van der Waals surface area contributed by atoms with E-state index < -0.39 is 10.0 Å². The summed E-state index contributed by atoms with van der Waals surface area (Å²) in [5.74, 6) is 0.583. The number of rotatable bonds is 8. The van der Waals surface area contributed by atoms with Crippen LogP contribution in [0.25, 0.3) is 0 Å². The number of nitrogens with zero attached hydrogens (tertiary/aromatic N) is 3. The molecule has 0 radical (unpaired) electrons. The third kappa shape index (κ3) is 4.05. The molecule has 2 aromatic heterocycles. The van der Waals surface area contributed by atoms with Gasteiger partial charge in [-0.05, 0) is 12.1 Å². The van der Waals surface area contributed by atoms with Crippen molar-refractivity contribution >= 4 is 56.1 Å². The Morgan fingerprint density at radius 2 is 1.70 bits per heavy atom. The fraction of sp³-hybridized carbons (Fsp3) is 0.250. The number of aromatic hydroxyl groups is 1. The lowest BCUT2D eigenvalue weighted by molar-refractivity contribution is 0.434. The van der Waals surface area contributed by atoms with Crippen LogP contribution in [0.3, 0.4) is 0 Å². The average molecular weight is 426 g/mol. The minimum Gasteiger partial charge on any atom is -0.504 e. The van der Waals surface area contributed by atoms with Crippen molar-refractivity contribution in [3.8, 4) is 5.75 Å². The Morgan fingerprint density at radius 3 is 2.33 bits per heavy atom. The van der Waals surface area contributed by atoms with Crippen molar-refractivity contribution in [3.05, 3.63) is 35.7 Å². The van der Waals surface area contributed by atoms with Gasteiger partial charge in [-0.25, -0.2) is 8.42 Å². The van der Waals surface area contributed by atoms with Crippen LogP contribution < -0.4 is 10.6 Å². The van der Waals surface area contributed by atoms with Gasteiger partial charge in [0.15, 0.2) is 21.6 Å². The molecule has 27 heavy (non-hydrogen) atoms. The zero-order valence-corrected chi connectivity index (χ0v) is 17.2. The summed E-state index contributed by atoms with van der Waals surface area (Å²) in [5, 5.41) is 18.1. The van der Waals surface area contributed by atoms with E-state index in [-0.39, 0.29) is 15.6 Å². The van der Waals surface area contributed by atoms with E-state index in [1.165, 1.54) is 4.31 Å². The first-order chi connectivity index (χ1) is 13.0. The number of hydrogen-bond acceptors (Lipinski definition) is 9. The molecule has 0 amide bonds. The molecule has 0 aliphatic carbocycles. The van der Waals surface area contributed by atoms with E-state index >= 15 is 0 Å². The molecule has 0 saturated heterocycles. The molecule has 3 rings (SSSR count). The highest BCUT2D eigenvalue weighted by molar-refractivity contribution is 7.91. The maximum absolute atomic E-state index is 12.6. The van der Waals surface area contributed by atoms with Crippen LogP contribution >= 0.6 is 23.1 Å². The molecule has 0 saturated carbocycles.